The molecule has 1 heterocycles. The lowest BCUT2D eigenvalue weighted by Gasteiger charge is -2.08. The van der Waals surface area contributed by atoms with E-state index in [0.717, 1.165) is 17.3 Å². The third-order valence-corrected chi connectivity index (χ3v) is 4.61. The van der Waals surface area contributed by atoms with Gasteiger partial charge in [0.15, 0.2) is 0 Å². The first-order chi connectivity index (χ1) is 12.1. The molecule has 0 aromatic heterocycles. The van der Waals surface area contributed by atoms with Crippen molar-refractivity contribution in [1.82, 2.24) is 4.90 Å². The number of imide groups is 1. The van der Waals surface area contributed by atoms with Crippen LogP contribution >= 0.6 is 11.8 Å². The summed E-state index contributed by atoms with van der Waals surface area (Å²) < 4.78 is 19.3. The fraction of sp³-hybridized carbons (Fsp3) is 0.158. The van der Waals surface area contributed by atoms with Gasteiger partial charge < -0.3 is 4.74 Å². The van der Waals surface area contributed by atoms with Gasteiger partial charge in [0.1, 0.15) is 18.2 Å². The highest BCUT2D eigenvalue weighted by Crippen LogP contribution is 2.32. The Bertz CT molecular complexity index is 850. The minimum absolute atomic E-state index is 0.114. The fourth-order valence-corrected chi connectivity index (χ4v) is 3.30. The number of rotatable bonds is 5. The maximum atomic E-state index is 13.6. The van der Waals surface area contributed by atoms with Gasteiger partial charge in [-0.15, -0.1) is 0 Å². The van der Waals surface area contributed by atoms with Gasteiger partial charge in [-0.05, 0) is 48.5 Å². The quantitative estimate of drug-likeness (QED) is 0.741. The van der Waals surface area contributed by atoms with Crippen molar-refractivity contribution in [2.24, 2.45) is 0 Å². The van der Waals surface area contributed by atoms with E-state index in [0.29, 0.717) is 22.8 Å². The molecule has 0 unspecified atom stereocenters. The van der Waals surface area contributed by atoms with Crippen LogP contribution in [0.25, 0.3) is 6.08 Å². The summed E-state index contributed by atoms with van der Waals surface area (Å²) in [5.41, 5.74) is 1.21. The first kappa shape index (κ1) is 17.2. The first-order valence-electron chi connectivity index (χ1n) is 7.80. The molecule has 4 nitrogen and oxygen atoms in total. The zero-order chi connectivity index (χ0) is 17.8. The largest absolute Gasteiger partial charge is 0.489 e. The predicted octanol–water partition coefficient (Wildman–Crippen LogP) is 4.46. The topological polar surface area (TPSA) is 46.6 Å². The lowest BCUT2D eigenvalue weighted by Crippen LogP contribution is -2.27. The molecule has 2 amide bonds. The van der Waals surface area contributed by atoms with Crippen LogP contribution in [0.2, 0.25) is 0 Å². The van der Waals surface area contributed by atoms with Crippen molar-refractivity contribution in [2.45, 2.75) is 13.5 Å². The molecule has 2 aromatic rings. The van der Waals surface area contributed by atoms with Gasteiger partial charge in [0.2, 0.25) is 0 Å². The Morgan fingerprint density at radius 3 is 2.68 bits per heavy atom. The van der Waals surface area contributed by atoms with Crippen LogP contribution in [0.3, 0.4) is 0 Å². The predicted molar refractivity (Wildman–Crippen MR) is 95.5 cm³/mol. The van der Waals surface area contributed by atoms with Crippen molar-refractivity contribution >= 4 is 29.0 Å². The van der Waals surface area contributed by atoms with E-state index in [1.165, 1.54) is 11.0 Å². The number of amides is 2. The molecule has 1 aliphatic rings. The third kappa shape index (κ3) is 3.91. The zero-order valence-electron chi connectivity index (χ0n) is 13.6. The number of carbonyl (C=O) groups excluding carboxylic acids is 2. The van der Waals surface area contributed by atoms with Crippen LogP contribution < -0.4 is 4.74 Å². The monoisotopic (exact) mass is 357 g/mol. The number of hydrogen-bond acceptors (Lipinski definition) is 4. The third-order valence-electron chi connectivity index (χ3n) is 3.70. The van der Waals surface area contributed by atoms with E-state index in [4.69, 9.17) is 4.74 Å². The molecule has 6 heteroatoms. The van der Waals surface area contributed by atoms with E-state index in [2.05, 4.69) is 0 Å². The van der Waals surface area contributed by atoms with Gasteiger partial charge in [-0.1, -0.05) is 30.3 Å². The summed E-state index contributed by atoms with van der Waals surface area (Å²) in [5.74, 6) is -0.0335. The summed E-state index contributed by atoms with van der Waals surface area (Å²) in [5, 5.41) is -0.259. The molecule has 3 rings (SSSR count). The van der Waals surface area contributed by atoms with Gasteiger partial charge in [0.05, 0.1) is 4.91 Å². The van der Waals surface area contributed by atoms with Gasteiger partial charge in [-0.3, -0.25) is 14.5 Å². The van der Waals surface area contributed by atoms with E-state index < -0.39 is 0 Å². The van der Waals surface area contributed by atoms with Crippen LogP contribution in [0.4, 0.5) is 9.18 Å². The maximum absolute atomic E-state index is 13.6. The minimum atomic E-state index is -0.313. The Morgan fingerprint density at radius 2 is 1.96 bits per heavy atom. The molecule has 0 N–H and O–H groups in total. The summed E-state index contributed by atoms with van der Waals surface area (Å²) in [7, 11) is 0. The number of thioether (sulfide) groups is 1. The molecule has 0 bridgehead atoms. The Morgan fingerprint density at radius 1 is 1.16 bits per heavy atom. The smallest absolute Gasteiger partial charge is 0.293 e. The molecule has 25 heavy (non-hydrogen) atoms. The van der Waals surface area contributed by atoms with Crippen LogP contribution in [-0.4, -0.2) is 22.6 Å². The molecule has 1 fully saturated rings. The lowest BCUT2D eigenvalue weighted by atomic mass is 10.2. The van der Waals surface area contributed by atoms with Gasteiger partial charge >= 0.3 is 0 Å². The van der Waals surface area contributed by atoms with Gasteiger partial charge in [0, 0.05) is 12.1 Å². The second-order valence-corrected chi connectivity index (χ2v) is 6.37. The van der Waals surface area contributed by atoms with E-state index in [1.807, 2.05) is 6.07 Å². The van der Waals surface area contributed by atoms with Gasteiger partial charge in [-0.25, -0.2) is 4.39 Å². The number of likely N-dealkylation sites (N-methyl/N-ethyl adjacent to an activating group) is 1. The highest BCUT2D eigenvalue weighted by Gasteiger charge is 2.33. The number of hydrogen-bond donors (Lipinski definition) is 0. The Kier molecular flexibility index (Phi) is 5.19. The van der Waals surface area contributed by atoms with E-state index in [-0.39, 0.29) is 23.6 Å². The SMILES string of the molecule is CCN1C(=O)S/C(=C/c2cccc(OCc3ccccc3F)c2)C1=O. The summed E-state index contributed by atoms with van der Waals surface area (Å²) in [6.07, 6.45) is 1.66. The van der Waals surface area contributed by atoms with Crippen LogP contribution in [0.5, 0.6) is 5.75 Å². The van der Waals surface area contributed by atoms with Gasteiger partial charge in [-0.2, -0.15) is 0 Å². The summed E-state index contributed by atoms with van der Waals surface area (Å²) in [6.45, 7) is 2.23. The lowest BCUT2D eigenvalue weighted by molar-refractivity contribution is -0.122. The normalized spacial score (nSPS) is 15.9. The Hall–Kier alpha value is -2.60. The maximum Gasteiger partial charge on any atom is 0.293 e. The average Bonchev–Trinajstić information content (AvgIpc) is 2.87. The van der Waals surface area contributed by atoms with Crippen molar-refractivity contribution in [3.05, 3.63) is 70.4 Å². The van der Waals surface area contributed by atoms with Crippen molar-refractivity contribution in [3.63, 3.8) is 0 Å². The molecular formula is C19H16FNO3S. The fourth-order valence-electron chi connectivity index (χ4n) is 2.39. The Labute approximate surface area is 149 Å². The number of ether oxygens (including phenoxy) is 1. The van der Waals surface area contributed by atoms with Crippen molar-refractivity contribution < 1.29 is 18.7 Å². The number of carbonyl (C=O) groups is 2. The summed E-state index contributed by atoms with van der Waals surface area (Å²) >= 11 is 0.927. The van der Waals surface area contributed by atoms with Crippen LogP contribution in [0, 0.1) is 5.82 Å². The average molecular weight is 357 g/mol. The second kappa shape index (κ2) is 7.53. The molecule has 0 spiro atoms. The van der Waals surface area contributed by atoms with E-state index in [1.54, 1.807) is 49.4 Å². The molecule has 1 saturated heterocycles. The molecule has 0 aliphatic carbocycles. The highest BCUT2D eigenvalue weighted by molar-refractivity contribution is 8.18. The molecule has 1 aliphatic heterocycles. The standard InChI is InChI=1S/C19H16FNO3S/c1-2-21-18(22)17(25-19(21)23)11-13-6-5-8-15(10-13)24-12-14-7-3-4-9-16(14)20/h3-11H,2,12H2,1H3/b17-11+. The molecule has 128 valence electrons. The molecule has 2 aromatic carbocycles. The van der Waals surface area contributed by atoms with Crippen LogP contribution in [0.1, 0.15) is 18.1 Å². The van der Waals surface area contributed by atoms with Crippen LogP contribution in [-0.2, 0) is 11.4 Å². The van der Waals surface area contributed by atoms with Crippen LogP contribution in [0.15, 0.2) is 53.4 Å². The zero-order valence-corrected chi connectivity index (χ0v) is 14.4. The summed E-state index contributed by atoms with van der Waals surface area (Å²) in [6, 6.07) is 13.5. The molecule has 0 saturated carbocycles. The first-order valence-corrected chi connectivity index (χ1v) is 8.61. The van der Waals surface area contributed by atoms with Crippen molar-refractivity contribution in [1.29, 1.82) is 0 Å². The number of halogens is 1. The number of nitrogens with zero attached hydrogens (tertiary/aromatic N) is 1. The molecule has 0 atom stereocenters. The van der Waals surface area contributed by atoms with Crippen molar-refractivity contribution in [2.75, 3.05) is 6.54 Å². The molecular weight excluding hydrogens is 341 g/mol. The minimum Gasteiger partial charge on any atom is -0.489 e. The highest BCUT2D eigenvalue weighted by atomic mass is 32.2. The Balaban J connectivity index is 1.74. The molecule has 0 radical (unpaired) electrons. The van der Waals surface area contributed by atoms with Crippen molar-refractivity contribution in [3.8, 4) is 5.75 Å². The van der Waals surface area contributed by atoms with E-state index in [9.17, 15) is 14.0 Å². The summed E-state index contributed by atoms with van der Waals surface area (Å²) in [4.78, 5) is 25.5. The number of benzene rings is 2. The second-order valence-electron chi connectivity index (χ2n) is 5.38. The van der Waals surface area contributed by atoms with E-state index >= 15 is 0 Å². The van der Waals surface area contributed by atoms with Gasteiger partial charge in [0.25, 0.3) is 11.1 Å².